The van der Waals surface area contributed by atoms with Crippen molar-refractivity contribution in [3.05, 3.63) is 0 Å². The van der Waals surface area contributed by atoms with E-state index in [-0.39, 0.29) is 6.10 Å². The highest BCUT2D eigenvalue weighted by atomic mass is 16.3. The second kappa shape index (κ2) is 4.97. The molecule has 0 spiro atoms. The molecule has 1 N–H and O–H groups in total. The molecule has 2 heteroatoms. The van der Waals surface area contributed by atoms with E-state index in [4.69, 9.17) is 0 Å². The Balaban J connectivity index is 2.54. The van der Waals surface area contributed by atoms with E-state index in [1.54, 1.807) is 0 Å². The molecule has 0 aromatic carbocycles. The maximum atomic E-state index is 9.61. The first-order valence-electron chi connectivity index (χ1n) is 5.57. The predicted octanol–water partition coefficient (Wildman–Crippen LogP) is 1.88. The zero-order valence-electron chi connectivity index (χ0n) is 9.16. The van der Waals surface area contributed by atoms with Crippen molar-refractivity contribution in [2.24, 2.45) is 5.92 Å². The van der Waals surface area contributed by atoms with Gasteiger partial charge in [0.2, 0.25) is 0 Å². The van der Waals surface area contributed by atoms with Crippen molar-refractivity contribution in [1.29, 1.82) is 0 Å². The van der Waals surface area contributed by atoms with Gasteiger partial charge in [-0.1, -0.05) is 20.3 Å². The first kappa shape index (κ1) is 11.0. The maximum absolute atomic E-state index is 9.61. The Kier molecular flexibility index (Phi) is 4.20. The van der Waals surface area contributed by atoms with Crippen LogP contribution in [-0.4, -0.2) is 35.7 Å². The Bertz CT molecular complexity index is 149. The first-order chi connectivity index (χ1) is 6.19. The number of hydrogen-bond acceptors (Lipinski definition) is 2. The maximum Gasteiger partial charge on any atom is 0.0555 e. The molecule has 1 aliphatic carbocycles. The highest BCUT2D eigenvalue weighted by Crippen LogP contribution is 2.30. The molecule has 1 rings (SSSR count). The van der Waals surface area contributed by atoms with Gasteiger partial charge in [0.15, 0.2) is 0 Å². The summed E-state index contributed by atoms with van der Waals surface area (Å²) in [6.07, 6.45) is 4.38. The molecule has 0 amide bonds. The summed E-state index contributed by atoms with van der Waals surface area (Å²) in [5.41, 5.74) is 0. The van der Waals surface area contributed by atoms with Gasteiger partial charge in [0.1, 0.15) is 0 Å². The molecule has 0 aromatic heterocycles. The summed E-state index contributed by atoms with van der Waals surface area (Å²) in [7, 11) is 2.17. The molecule has 1 aliphatic rings. The van der Waals surface area contributed by atoms with E-state index in [0.29, 0.717) is 6.04 Å². The van der Waals surface area contributed by atoms with Gasteiger partial charge in [0.25, 0.3) is 0 Å². The van der Waals surface area contributed by atoms with Crippen LogP contribution < -0.4 is 0 Å². The van der Waals surface area contributed by atoms with Crippen LogP contribution in [0.25, 0.3) is 0 Å². The fourth-order valence-corrected chi connectivity index (χ4v) is 2.44. The summed E-state index contributed by atoms with van der Waals surface area (Å²) in [4.78, 5) is 2.39. The fraction of sp³-hybridized carbons (Fsp3) is 1.00. The Morgan fingerprint density at radius 3 is 2.54 bits per heavy atom. The molecule has 0 bridgehead atoms. The Morgan fingerprint density at radius 1 is 1.31 bits per heavy atom. The van der Waals surface area contributed by atoms with Crippen LogP contribution in [0.3, 0.4) is 0 Å². The van der Waals surface area contributed by atoms with Crippen molar-refractivity contribution < 1.29 is 5.11 Å². The van der Waals surface area contributed by atoms with Crippen LogP contribution in [0, 0.1) is 5.92 Å². The van der Waals surface area contributed by atoms with Gasteiger partial charge in [-0.05, 0) is 38.8 Å². The standard InChI is InChI=1S/C11H23NO/c1-4-9-6-7-10(13)8-11(9)12(3)5-2/h9-11,13H,4-8H2,1-3H3. The van der Waals surface area contributed by atoms with Crippen LogP contribution in [-0.2, 0) is 0 Å². The SMILES string of the molecule is CCC1CCC(O)CC1N(C)CC. The van der Waals surface area contributed by atoms with Gasteiger partial charge in [-0.25, -0.2) is 0 Å². The summed E-state index contributed by atoms with van der Waals surface area (Å²) in [5.74, 6) is 0.799. The van der Waals surface area contributed by atoms with Gasteiger partial charge in [0, 0.05) is 6.04 Å². The van der Waals surface area contributed by atoms with Gasteiger partial charge in [-0.15, -0.1) is 0 Å². The van der Waals surface area contributed by atoms with E-state index >= 15 is 0 Å². The third-order valence-corrected chi connectivity index (χ3v) is 3.52. The first-order valence-corrected chi connectivity index (χ1v) is 5.57. The second-order valence-corrected chi connectivity index (χ2v) is 4.28. The molecular formula is C11H23NO. The lowest BCUT2D eigenvalue weighted by Gasteiger charge is -2.39. The lowest BCUT2D eigenvalue weighted by molar-refractivity contribution is 0.0386. The molecular weight excluding hydrogens is 162 g/mol. The Morgan fingerprint density at radius 2 is 2.00 bits per heavy atom. The van der Waals surface area contributed by atoms with E-state index in [2.05, 4.69) is 25.8 Å². The molecule has 0 saturated heterocycles. The molecule has 0 heterocycles. The smallest absolute Gasteiger partial charge is 0.0555 e. The quantitative estimate of drug-likeness (QED) is 0.725. The summed E-state index contributed by atoms with van der Waals surface area (Å²) in [6, 6.07) is 0.610. The fourth-order valence-electron chi connectivity index (χ4n) is 2.44. The van der Waals surface area contributed by atoms with Crippen LogP contribution >= 0.6 is 0 Å². The van der Waals surface area contributed by atoms with Gasteiger partial charge < -0.3 is 10.0 Å². The van der Waals surface area contributed by atoms with Crippen LogP contribution in [0.5, 0.6) is 0 Å². The molecule has 78 valence electrons. The zero-order chi connectivity index (χ0) is 9.84. The molecule has 0 aromatic rings. The lowest BCUT2D eigenvalue weighted by Crippen LogP contribution is -2.43. The molecule has 0 radical (unpaired) electrons. The van der Waals surface area contributed by atoms with Gasteiger partial charge in [0.05, 0.1) is 6.10 Å². The topological polar surface area (TPSA) is 23.5 Å². The van der Waals surface area contributed by atoms with Gasteiger partial charge in [-0.3, -0.25) is 0 Å². The average Bonchev–Trinajstić information content (AvgIpc) is 2.16. The minimum atomic E-state index is -0.0539. The van der Waals surface area contributed by atoms with E-state index in [1.807, 2.05) is 0 Å². The second-order valence-electron chi connectivity index (χ2n) is 4.28. The minimum absolute atomic E-state index is 0.0539. The van der Waals surface area contributed by atoms with E-state index < -0.39 is 0 Å². The summed E-state index contributed by atoms with van der Waals surface area (Å²) in [6.45, 7) is 5.54. The summed E-state index contributed by atoms with van der Waals surface area (Å²) >= 11 is 0. The van der Waals surface area contributed by atoms with Crippen molar-refractivity contribution in [3.63, 3.8) is 0 Å². The zero-order valence-corrected chi connectivity index (χ0v) is 9.16. The predicted molar refractivity (Wildman–Crippen MR) is 55.7 cm³/mol. The number of aliphatic hydroxyl groups is 1. The number of aliphatic hydroxyl groups excluding tert-OH is 1. The van der Waals surface area contributed by atoms with E-state index in [1.165, 1.54) is 12.8 Å². The Labute approximate surface area is 81.9 Å². The Hall–Kier alpha value is -0.0800. The molecule has 1 fully saturated rings. The van der Waals surface area contributed by atoms with Gasteiger partial charge in [-0.2, -0.15) is 0 Å². The largest absolute Gasteiger partial charge is 0.393 e. The normalized spacial score (nSPS) is 35.3. The third kappa shape index (κ3) is 2.68. The monoisotopic (exact) mass is 185 g/mol. The van der Waals surface area contributed by atoms with Gasteiger partial charge >= 0.3 is 0 Å². The number of hydrogen-bond donors (Lipinski definition) is 1. The van der Waals surface area contributed by atoms with Crippen LogP contribution in [0.4, 0.5) is 0 Å². The molecule has 13 heavy (non-hydrogen) atoms. The molecule has 1 saturated carbocycles. The van der Waals surface area contributed by atoms with E-state index in [9.17, 15) is 5.11 Å². The number of rotatable bonds is 3. The van der Waals surface area contributed by atoms with Crippen molar-refractivity contribution in [1.82, 2.24) is 4.90 Å². The molecule has 3 unspecified atom stereocenters. The highest BCUT2D eigenvalue weighted by molar-refractivity contribution is 4.84. The summed E-state index contributed by atoms with van der Waals surface area (Å²) < 4.78 is 0. The van der Waals surface area contributed by atoms with E-state index in [0.717, 1.165) is 25.3 Å². The number of nitrogens with zero attached hydrogens (tertiary/aromatic N) is 1. The van der Waals surface area contributed by atoms with Crippen LogP contribution in [0.15, 0.2) is 0 Å². The van der Waals surface area contributed by atoms with Crippen molar-refractivity contribution in [2.45, 2.75) is 51.7 Å². The van der Waals surface area contributed by atoms with Crippen LogP contribution in [0.2, 0.25) is 0 Å². The van der Waals surface area contributed by atoms with Crippen molar-refractivity contribution >= 4 is 0 Å². The third-order valence-electron chi connectivity index (χ3n) is 3.52. The highest BCUT2D eigenvalue weighted by Gasteiger charge is 2.30. The minimum Gasteiger partial charge on any atom is -0.393 e. The molecule has 0 aliphatic heterocycles. The summed E-state index contributed by atoms with van der Waals surface area (Å²) in [5, 5.41) is 9.61. The van der Waals surface area contributed by atoms with Crippen LogP contribution in [0.1, 0.15) is 39.5 Å². The molecule has 2 nitrogen and oxygen atoms in total. The van der Waals surface area contributed by atoms with Crippen molar-refractivity contribution in [3.8, 4) is 0 Å². The lowest BCUT2D eigenvalue weighted by atomic mass is 9.80. The average molecular weight is 185 g/mol. The molecule has 3 atom stereocenters. The van der Waals surface area contributed by atoms with Crippen molar-refractivity contribution in [2.75, 3.05) is 13.6 Å².